The van der Waals surface area contributed by atoms with Crippen LogP contribution < -0.4 is 37.5 Å². The Morgan fingerprint density at radius 1 is 0.836 bits per heavy atom. The zero-order chi connectivity index (χ0) is 40.5. The van der Waals surface area contributed by atoms with Crippen LogP contribution in [0.2, 0.25) is 0 Å². The molecule has 1 aliphatic carbocycles. The molecule has 7 atom stereocenters. The summed E-state index contributed by atoms with van der Waals surface area (Å²) >= 11 is 0. The number of nitrogens with two attached hydrogens (primary N) is 2. The maximum absolute atomic E-state index is 14.3. The lowest BCUT2D eigenvalue weighted by Gasteiger charge is -2.36. The fraction of sp³-hybridized carbons (Fsp3) is 0.732. The number of ether oxygens (including phenoxy) is 2. The zero-order valence-corrected chi connectivity index (χ0v) is 34.1. The fourth-order valence-corrected chi connectivity index (χ4v) is 7.49. The lowest BCUT2D eigenvalue weighted by atomic mass is 9.83. The molecule has 0 radical (unpaired) electrons. The first-order valence-electron chi connectivity index (χ1n) is 20.5. The van der Waals surface area contributed by atoms with Crippen molar-refractivity contribution in [2.45, 2.75) is 148 Å². The Labute approximate surface area is 328 Å². The zero-order valence-electron chi connectivity index (χ0n) is 34.1. The van der Waals surface area contributed by atoms with Crippen molar-refractivity contribution in [1.29, 1.82) is 0 Å². The normalized spacial score (nSPS) is 27.1. The number of hydrogen-bond acceptors (Lipinski definition) is 9. The number of carbonyl (C=O) groups is 5. The second-order valence-electron chi connectivity index (χ2n) is 15.8. The number of nitrogens with one attached hydrogen (secondary N) is 4. The molecule has 310 valence electrons. The Balaban J connectivity index is 2.02. The van der Waals surface area contributed by atoms with E-state index in [2.05, 4.69) is 28.2 Å². The molecule has 1 saturated heterocycles. The highest BCUT2D eigenvalue weighted by Gasteiger charge is 2.39. The highest BCUT2D eigenvalue weighted by atomic mass is 16.5. The van der Waals surface area contributed by atoms with Gasteiger partial charge in [-0.15, -0.1) is 0 Å². The number of likely N-dealkylation sites (N-methyl/N-ethyl adjacent to an activating group) is 1. The first kappa shape index (κ1) is 45.6. The van der Waals surface area contributed by atoms with Gasteiger partial charge in [-0.3, -0.25) is 24.0 Å². The monoisotopic (exact) mass is 772 g/mol. The third-order valence-electron chi connectivity index (χ3n) is 10.8. The van der Waals surface area contributed by atoms with Crippen LogP contribution in [-0.2, 0) is 35.1 Å². The summed E-state index contributed by atoms with van der Waals surface area (Å²) in [6.45, 7) is 9.57. The highest BCUT2D eigenvalue weighted by Crippen LogP contribution is 2.28. The fourth-order valence-electron chi connectivity index (χ4n) is 7.49. The number of unbranched alkanes of at least 4 members (excludes halogenated alkanes) is 3. The van der Waals surface area contributed by atoms with Crippen LogP contribution in [0.3, 0.4) is 0 Å². The van der Waals surface area contributed by atoms with Gasteiger partial charge in [0.15, 0.2) is 0 Å². The Bertz CT molecular complexity index is 1370. The van der Waals surface area contributed by atoms with E-state index in [4.69, 9.17) is 20.9 Å². The van der Waals surface area contributed by atoms with E-state index in [1.54, 1.807) is 33.0 Å². The van der Waals surface area contributed by atoms with E-state index < -0.39 is 66.0 Å². The molecular formula is C41H69N7O7. The van der Waals surface area contributed by atoms with Crippen LogP contribution in [0.4, 0.5) is 0 Å². The van der Waals surface area contributed by atoms with E-state index in [0.29, 0.717) is 31.6 Å². The van der Waals surface area contributed by atoms with Crippen LogP contribution >= 0.6 is 0 Å². The molecule has 2 aliphatic rings. The molecule has 3 rings (SSSR count). The van der Waals surface area contributed by atoms with Gasteiger partial charge in [-0.25, -0.2) is 0 Å². The molecule has 1 aromatic rings. The molecule has 14 heteroatoms. The molecule has 8 N–H and O–H groups in total. The van der Waals surface area contributed by atoms with Gasteiger partial charge in [-0.05, 0) is 75.1 Å². The highest BCUT2D eigenvalue weighted by molar-refractivity contribution is 5.96. The third-order valence-corrected chi connectivity index (χ3v) is 10.8. The summed E-state index contributed by atoms with van der Waals surface area (Å²) in [5, 5.41) is 11.4. The van der Waals surface area contributed by atoms with E-state index in [1.165, 1.54) is 4.90 Å². The van der Waals surface area contributed by atoms with Crippen molar-refractivity contribution in [3.05, 3.63) is 29.8 Å². The quantitative estimate of drug-likeness (QED) is 0.154. The molecule has 1 aliphatic heterocycles. The number of amides is 5. The van der Waals surface area contributed by atoms with Gasteiger partial charge in [-0.2, -0.15) is 0 Å². The predicted molar refractivity (Wildman–Crippen MR) is 213 cm³/mol. The molecule has 0 bridgehead atoms. The number of benzene rings is 1. The van der Waals surface area contributed by atoms with Crippen LogP contribution in [0.5, 0.6) is 5.75 Å². The maximum Gasteiger partial charge on any atom is 0.248 e. The Kier molecular flexibility index (Phi) is 19.4. The van der Waals surface area contributed by atoms with Crippen LogP contribution in [0.15, 0.2) is 24.3 Å². The minimum atomic E-state index is -1.21. The van der Waals surface area contributed by atoms with Crippen molar-refractivity contribution in [3.8, 4) is 5.75 Å². The molecule has 14 nitrogen and oxygen atoms in total. The van der Waals surface area contributed by atoms with E-state index in [9.17, 15) is 24.0 Å². The third kappa shape index (κ3) is 14.4. The number of nitrogens with zero attached hydrogens (tertiary/aromatic N) is 1. The van der Waals surface area contributed by atoms with Gasteiger partial charge >= 0.3 is 0 Å². The Hall–Kier alpha value is -3.75. The van der Waals surface area contributed by atoms with Gasteiger partial charge < -0.3 is 47.1 Å². The molecule has 1 saturated carbocycles. The largest absolute Gasteiger partial charge is 0.491 e. The van der Waals surface area contributed by atoms with Gasteiger partial charge in [0.1, 0.15) is 42.8 Å². The molecule has 0 aromatic heterocycles. The van der Waals surface area contributed by atoms with Crippen LogP contribution in [0.25, 0.3) is 0 Å². The average Bonchev–Trinajstić information content (AvgIpc) is 3.17. The minimum Gasteiger partial charge on any atom is -0.491 e. The van der Waals surface area contributed by atoms with E-state index in [1.807, 2.05) is 26.0 Å². The Morgan fingerprint density at radius 3 is 2.11 bits per heavy atom. The van der Waals surface area contributed by atoms with Gasteiger partial charge in [0.25, 0.3) is 0 Å². The average molecular weight is 772 g/mol. The lowest BCUT2D eigenvalue weighted by Crippen LogP contribution is -2.62. The van der Waals surface area contributed by atoms with Crippen molar-refractivity contribution in [1.82, 2.24) is 26.2 Å². The number of hydrogen-bond donors (Lipinski definition) is 6. The summed E-state index contributed by atoms with van der Waals surface area (Å²) in [5.74, 6) is -2.75. The molecule has 0 unspecified atom stereocenters. The SMILES string of the molecule is CCCCCC[C@H]1O[C@@H](C)NC(=O)[C@H](COc2ccc(CCN)cc2)NC(=O)[C@H](CN)NC(=O)[C@H](C2CCCCC2)NC(=O)[C@H](CC(C)C)N(C)C(=O)[C@@H]1C. The molecule has 2 fully saturated rings. The Morgan fingerprint density at radius 2 is 1.49 bits per heavy atom. The van der Waals surface area contributed by atoms with Crippen molar-refractivity contribution in [3.63, 3.8) is 0 Å². The summed E-state index contributed by atoms with van der Waals surface area (Å²) in [7, 11) is 1.63. The van der Waals surface area contributed by atoms with Crippen molar-refractivity contribution in [2.24, 2.45) is 29.2 Å². The topological polar surface area (TPSA) is 207 Å². The predicted octanol–water partition coefficient (Wildman–Crippen LogP) is 2.90. The summed E-state index contributed by atoms with van der Waals surface area (Å²) in [4.78, 5) is 71.7. The smallest absolute Gasteiger partial charge is 0.248 e. The second-order valence-corrected chi connectivity index (χ2v) is 15.8. The van der Waals surface area contributed by atoms with Crippen LogP contribution in [0.1, 0.15) is 111 Å². The summed E-state index contributed by atoms with van der Waals surface area (Å²) in [6.07, 6.45) is 8.34. The molecule has 55 heavy (non-hydrogen) atoms. The van der Waals surface area contributed by atoms with E-state index >= 15 is 0 Å². The molecular weight excluding hydrogens is 702 g/mol. The van der Waals surface area contributed by atoms with Crippen molar-refractivity contribution < 1.29 is 33.4 Å². The molecule has 0 spiro atoms. The van der Waals surface area contributed by atoms with Crippen LogP contribution in [-0.4, -0.2) is 97.7 Å². The molecule has 1 aromatic carbocycles. The molecule has 5 amide bonds. The summed E-state index contributed by atoms with van der Waals surface area (Å²) in [5.41, 5.74) is 12.8. The van der Waals surface area contributed by atoms with Crippen molar-refractivity contribution in [2.75, 3.05) is 26.7 Å². The molecule has 1 heterocycles. The van der Waals surface area contributed by atoms with Gasteiger partial charge in [0.2, 0.25) is 29.5 Å². The maximum atomic E-state index is 14.3. The van der Waals surface area contributed by atoms with Gasteiger partial charge in [0.05, 0.1) is 12.0 Å². The van der Waals surface area contributed by atoms with E-state index in [-0.39, 0.29) is 30.9 Å². The number of rotatable bonds is 14. The first-order chi connectivity index (χ1) is 26.3. The standard InChI is InChI=1S/C41H69N7O7/c1-7-8-9-13-16-35-27(4)41(53)48(6)34(23-26(2)3)39(51)47-36(30-14-11-10-12-15-30)40(52)45-32(24-43)37(49)46-33(38(50)44-28(5)55-35)25-54-31-19-17-29(18-20-31)21-22-42/h17-20,26-28,30,32-36H,7-16,21-25,42-43H2,1-6H3,(H,44,50)(H,45,52)(H,46,49)(H,47,51)/t27-,28+,32+,33+,34+,35-,36+/m1/s1. The number of carbonyl (C=O) groups excluding carboxylic acids is 5. The second kappa shape index (κ2) is 23.3. The van der Waals surface area contributed by atoms with Gasteiger partial charge in [0, 0.05) is 13.6 Å². The summed E-state index contributed by atoms with van der Waals surface area (Å²) < 4.78 is 12.4. The van der Waals surface area contributed by atoms with Crippen molar-refractivity contribution >= 4 is 29.5 Å². The first-order valence-corrected chi connectivity index (χ1v) is 20.5. The van der Waals surface area contributed by atoms with E-state index in [0.717, 1.165) is 63.4 Å². The minimum absolute atomic E-state index is 0.0650. The summed E-state index contributed by atoms with van der Waals surface area (Å²) in [6, 6.07) is 3.08. The van der Waals surface area contributed by atoms with Crippen LogP contribution in [0, 0.1) is 17.8 Å². The lowest BCUT2D eigenvalue weighted by molar-refractivity contribution is -0.150. The van der Waals surface area contributed by atoms with Gasteiger partial charge in [-0.1, -0.05) is 84.8 Å².